The summed E-state index contributed by atoms with van der Waals surface area (Å²) in [6, 6.07) is 2.29. The third-order valence-corrected chi connectivity index (χ3v) is 5.21. The highest BCUT2D eigenvalue weighted by Crippen LogP contribution is 2.45. The highest BCUT2D eigenvalue weighted by molar-refractivity contribution is 5.00. The fraction of sp³-hybridized carbons (Fsp3) is 1.00. The van der Waals surface area contributed by atoms with E-state index in [1.807, 2.05) is 0 Å². The molecule has 1 aliphatic heterocycles. The zero-order chi connectivity index (χ0) is 12.6. The molecule has 1 heterocycles. The summed E-state index contributed by atoms with van der Waals surface area (Å²) >= 11 is 0. The van der Waals surface area contributed by atoms with Gasteiger partial charge in [0.25, 0.3) is 0 Å². The lowest BCUT2D eigenvalue weighted by molar-refractivity contribution is -0.0610. The average Bonchev–Trinajstić information content (AvgIpc) is 2.24. The van der Waals surface area contributed by atoms with Crippen molar-refractivity contribution in [1.82, 2.24) is 9.80 Å². The van der Waals surface area contributed by atoms with E-state index in [4.69, 9.17) is 0 Å². The Morgan fingerprint density at radius 3 is 2.00 bits per heavy atom. The van der Waals surface area contributed by atoms with Crippen LogP contribution in [0.1, 0.15) is 53.4 Å². The Bertz CT molecular complexity index is 244. The van der Waals surface area contributed by atoms with Crippen molar-refractivity contribution in [1.29, 1.82) is 0 Å². The Labute approximate surface area is 107 Å². The van der Waals surface area contributed by atoms with Gasteiger partial charge in [-0.1, -0.05) is 0 Å². The molecule has 2 nitrogen and oxygen atoms in total. The molecule has 0 aromatic carbocycles. The summed E-state index contributed by atoms with van der Waals surface area (Å²) in [5.74, 6) is 0. The first-order valence-electron chi connectivity index (χ1n) is 7.39. The van der Waals surface area contributed by atoms with E-state index in [9.17, 15) is 0 Å². The van der Waals surface area contributed by atoms with Crippen LogP contribution in [0.3, 0.4) is 0 Å². The summed E-state index contributed by atoms with van der Waals surface area (Å²) in [7, 11) is 2.30. The van der Waals surface area contributed by atoms with Crippen LogP contribution in [-0.2, 0) is 0 Å². The Morgan fingerprint density at radius 2 is 1.59 bits per heavy atom. The molecule has 17 heavy (non-hydrogen) atoms. The minimum atomic E-state index is 0.697. The van der Waals surface area contributed by atoms with Crippen LogP contribution in [0.4, 0.5) is 0 Å². The molecule has 1 saturated heterocycles. The van der Waals surface area contributed by atoms with Crippen LogP contribution < -0.4 is 0 Å². The van der Waals surface area contributed by atoms with Gasteiger partial charge in [0.05, 0.1) is 0 Å². The second-order valence-electron chi connectivity index (χ2n) is 6.99. The first-order valence-corrected chi connectivity index (χ1v) is 7.39. The van der Waals surface area contributed by atoms with Crippen molar-refractivity contribution in [3.05, 3.63) is 0 Å². The van der Waals surface area contributed by atoms with Crippen molar-refractivity contribution >= 4 is 0 Å². The van der Waals surface area contributed by atoms with Gasteiger partial charge in [-0.15, -0.1) is 0 Å². The molecule has 1 spiro atoms. The molecule has 2 heteroatoms. The minimum Gasteiger partial charge on any atom is -0.301 e. The lowest BCUT2D eigenvalue weighted by atomic mass is 9.67. The lowest BCUT2D eigenvalue weighted by Gasteiger charge is -2.56. The highest BCUT2D eigenvalue weighted by Gasteiger charge is 2.46. The van der Waals surface area contributed by atoms with E-state index in [-0.39, 0.29) is 0 Å². The van der Waals surface area contributed by atoms with Crippen molar-refractivity contribution in [2.45, 2.75) is 71.5 Å². The molecule has 2 rings (SSSR count). The third-order valence-electron chi connectivity index (χ3n) is 5.21. The monoisotopic (exact) mass is 238 g/mol. The van der Waals surface area contributed by atoms with Crippen LogP contribution in [-0.4, -0.2) is 48.1 Å². The minimum absolute atomic E-state index is 0.697. The zero-order valence-electron chi connectivity index (χ0n) is 12.4. The van der Waals surface area contributed by atoms with Crippen LogP contribution >= 0.6 is 0 Å². The van der Waals surface area contributed by atoms with Crippen molar-refractivity contribution in [3.8, 4) is 0 Å². The second-order valence-corrected chi connectivity index (χ2v) is 6.99. The summed E-state index contributed by atoms with van der Waals surface area (Å²) in [5.41, 5.74) is 0.707. The van der Waals surface area contributed by atoms with Gasteiger partial charge in [-0.25, -0.2) is 0 Å². The number of nitrogens with zero attached hydrogens (tertiary/aromatic N) is 2. The van der Waals surface area contributed by atoms with Crippen LogP contribution in [0.15, 0.2) is 0 Å². The summed E-state index contributed by atoms with van der Waals surface area (Å²) in [5, 5.41) is 0. The maximum Gasteiger partial charge on any atom is 0.00953 e. The molecular weight excluding hydrogens is 208 g/mol. The smallest absolute Gasteiger partial charge is 0.00953 e. The van der Waals surface area contributed by atoms with Gasteiger partial charge < -0.3 is 4.90 Å². The van der Waals surface area contributed by atoms with E-state index < -0.39 is 0 Å². The molecular formula is C15H30N2. The Kier molecular flexibility index (Phi) is 3.84. The van der Waals surface area contributed by atoms with Gasteiger partial charge in [0.2, 0.25) is 0 Å². The molecule has 0 aromatic rings. The van der Waals surface area contributed by atoms with Crippen LogP contribution in [0, 0.1) is 5.41 Å². The van der Waals surface area contributed by atoms with Gasteiger partial charge in [-0.2, -0.15) is 0 Å². The van der Waals surface area contributed by atoms with Crippen LogP contribution in [0.25, 0.3) is 0 Å². The van der Waals surface area contributed by atoms with E-state index in [2.05, 4.69) is 44.5 Å². The van der Waals surface area contributed by atoms with Gasteiger partial charge in [0.1, 0.15) is 0 Å². The van der Waals surface area contributed by atoms with Gasteiger partial charge >= 0.3 is 0 Å². The van der Waals surface area contributed by atoms with Gasteiger partial charge in [-0.3, -0.25) is 4.90 Å². The maximum atomic E-state index is 2.63. The molecule has 0 amide bonds. The van der Waals surface area contributed by atoms with E-state index in [1.165, 1.54) is 38.8 Å². The molecule has 1 aliphatic carbocycles. The first-order chi connectivity index (χ1) is 7.93. The van der Waals surface area contributed by atoms with Gasteiger partial charge in [0.15, 0.2) is 0 Å². The number of hydrogen-bond acceptors (Lipinski definition) is 2. The molecule has 2 aliphatic rings. The Balaban J connectivity index is 1.80. The van der Waals surface area contributed by atoms with Gasteiger partial charge in [-0.05, 0) is 65.8 Å². The summed E-state index contributed by atoms with van der Waals surface area (Å²) in [6.07, 6.45) is 5.75. The van der Waals surface area contributed by atoms with Crippen molar-refractivity contribution in [3.63, 3.8) is 0 Å². The summed E-state index contributed by atoms with van der Waals surface area (Å²) in [6.45, 7) is 12.0. The molecule has 0 radical (unpaired) electrons. The topological polar surface area (TPSA) is 6.48 Å². The quantitative estimate of drug-likeness (QED) is 0.746. The van der Waals surface area contributed by atoms with Gasteiger partial charge in [0, 0.05) is 31.2 Å². The molecule has 100 valence electrons. The van der Waals surface area contributed by atoms with Crippen LogP contribution in [0.2, 0.25) is 0 Å². The highest BCUT2D eigenvalue weighted by atomic mass is 15.2. The number of likely N-dealkylation sites (tertiary alicyclic amines) is 1. The van der Waals surface area contributed by atoms with Crippen molar-refractivity contribution < 1.29 is 0 Å². The standard InChI is InChI=1S/C15H30N2/c1-12(2)16(5)14-6-8-15(9-7-14)10-17(11-15)13(3)4/h12-14H,6-11H2,1-5H3. The molecule has 0 N–H and O–H groups in total. The maximum absolute atomic E-state index is 2.63. The Morgan fingerprint density at radius 1 is 1.06 bits per heavy atom. The second kappa shape index (κ2) is 4.89. The molecule has 0 bridgehead atoms. The summed E-state index contributed by atoms with van der Waals surface area (Å²) in [4.78, 5) is 5.21. The van der Waals surface area contributed by atoms with E-state index >= 15 is 0 Å². The van der Waals surface area contributed by atoms with Crippen LogP contribution in [0.5, 0.6) is 0 Å². The molecule has 0 atom stereocenters. The van der Waals surface area contributed by atoms with E-state index in [1.54, 1.807) is 0 Å². The third kappa shape index (κ3) is 2.68. The van der Waals surface area contributed by atoms with Crippen molar-refractivity contribution in [2.75, 3.05) is 20.1 Å². The van der Waals surface area contributed by atoms with E-state index in [0.29, 0.717) is 11.5 Å². The summed E-state index contributed by atoms with van der Waals surface area (Å²) < 4.78 is 0. The predicted octanol–water partition coefficient (Wildman–Crippen LogP) is 2.98. The molecule has 0 aromatic heterocycles. The SMILES string of the molecule is CC(C)N1CC2(CCC(N(C)C(C)C)CC2)C1. The lowest BCUT2D eigenvalue weighted by Crippen LogP contribution is -2.60. The fourth-order valence-corrected chi connectivity index (χ4v) is 3.54. The number of rotatable bonds is 3. The predicted molar refractivity (Wildman–Crippen MR) is 74.3 cm³/mol. The Hall–Kier alpha value is -0.0800. The zero-order valence-corrected chi connectivity index (χ0v) is 12.4. The molecule has 2 fully saturated rings. The average molecular weight is 238 g/mol. The number of hydrogen-bond donors (Lipinski definition) is 0. The first kappa shape index (κ1) is 13.4. The largest absolute Gasteiger partial charge is 0.301 e. The van der Waals surface area contributed by atoms with E-state index in [0.717, 1.165) is 12.1 Å². The molecule has 1 saturated carbocycles. The normalized spacial score (nSPS) is 26.1. The molecule has 0 unspecified atom stereocenters. The fourth-order valence-electron chi connectivity index (χ4n) is 3.54. The van der Waals surface area contributed by atoms with Crippen molar-refractivity contribution in [2.24, 2.45) is 5.41 Å².